The lowest BCUT2D eigenvalue weighted by atomic mass is 10.1. The van der Waals surface area contributed by atoms with Gasteiger partial charge in [-0.25, -0.2) is 6.57 Å². The molecule has 68 valence electrons. The van der Waals surface area contributed by atoms with E-state index in [1.54, 1.807) is 25.3 Å². The highest BCUT2D eigenvalue weighted by atomic mass is 35.5. The summed E-state index contributed by atoms with van der Waals surface area (Å²) in [5.41, 5.74) is 0.838. The highest BCUT2D eigenvalue weighted by Gasteiger charge is 2.14. The summed E-state index contributed by atoms with van der Waals surface area (Å²) in [6.07, 6.45) is 0. The van der Waals surface area contributed by atoms with Crippen molar-refractivity contribution in [3.05, 3.63) is 40.2 Å². The van der Waals surface area contributed by atoms with E-state index in [9.17, 15) is 0 Å². The fourth-order valence-electron chi connectivity index (χ4n) is 1.10. The Morgan fingerprint density at radius 3 is 2.77 bits per heavy atom. The van der Waals surface area contributed by atoms with Crippen molar-refractivity contribution in [1.29, 1.82) is 0 Å². The summed E-state index contributed by atoms with van der Waals surface area (Å²) < 4.78 is 5.12. The summed E-state index contributed by atoms with van der Waals surface area (Å²) in [7, 11) is 1.59. The van der Waals surface area contributed by atoms with Crippen LogP contribution in [-0.2, 0) is 0 Å². The molecule has 1 aromatic rings. The fourth-order valence-corrected chi connectivity index (χ4v) is 1.28. The SMILES string of the molecule is [C-]#[N+]C(C)c1cc(Cl)ccc1OC. The molecule has 0 fully saturated rings. The van der Waals surface area contributed by atoms with E-state index in [0.717, 1.165) is 5.56 Å². The summed E-state index contributed by atoms with van der Waals surface area (Å²) in [6, 6.07) is 5.08. The summed E-state index contributed by atoms with van der Waals surface area (Å²) >= 11 is 5.82. The van der Waals surface area contributed by atoms with Gasteiger partial charge in [0.15, 0.2) is 0 Å². The molecule has 13 heavy (non-hydrogen) atoms. The number of nitrogens with zero attached hydrogens (tertiary/aromatic N) is 1. The number of benzene rings is 1. The van der Waals surface area contributed by atoms with E-state index < -0.39 is 0 Å². The number of hydrogen-bond acceptors (Lipinski definition) is 1. The van der Waals surface area contributed by atoms with Gasteiger partial charge in [-0.3, -0.25) is 0 Å². The molecule has 0 aliphatic heterocycles. The molecule has 0 spiro atoms. The van der Waals surface area contributed by atoms with Gasteiger partial charge in [-0.15, -0.1) is 0 Å². The summed E-state index contributed by atoms with van der Waals surface area (Å²) in [6.45, 7) is 8.74. The molecule has 1 atom stereocenters. The molecule has 0 N–H and O–H groups in total. The lowest BCUT2D eigenvalue weighted by molar-refractivity contribution is 0.408. The van der Waals surface area contributed by atoms with Crippen molar-refractivity contribution in [2.45, 2.75) is 13.0 Å². The summed E-state index contributed by atoms with van der Waals surface area (Å²) in [5, 5.41) is 0.631. The third-order valence-corrected chi connectivity index (χ3v) is 2.07. The zero-order valence-corrected chi connectivity index (χ0v) is 8.30. The Kier molecular flexibility index (Phi) is 3.16. The predicted molar refractivity (Wildman–Crippen MR) is 53.0 cm³/mol. The zero-order chi connectivity index (χ0) is 9.84. The van der Waals surface area contributed by atoms with Gasteiger partial charge >= 0.3 is 0 Å². The van der Waals surface area contributed by atoms with E-state index in [0.29, 0.717) is 10.8 Å². The first kappa shape index (κ1) is 9.88. The molecule has 1 unspecified atom stereocenters. The molecule has 0 aromatic heterocycles. The highest BCUT2D eigenvalue weighted by molar-refractivity contribution is 6.30. The topological polar surface area (TPSA) is 13.6 Å². The van der Waals surface area contributed by atoms with E-state index in [1.807, 2.05) is 6.92 Å². The lowest BCUT2D eigenvalue weighted by Gasteiger charge is -2.07. The minimum atomic E-state index is -0.214. The Balaban J connectivity index is 3.17. The third kappa shape index (κ3) is 2.13. The van der Waals surface area contributed by atoms with Gasteiger partial charge in [-0.05, 0) is 18.2 Å². The number of rotatable bonds is 2. The zero-order valence-electron chi connectivity index (χ0n) is 7.54. The van der Waals surface area contributed by atoms with Gasteiger partial charge in [-0.2, -0.15) is 0 Å². The van der Waals surface area contributed by atoms with Crippen LogP contribution in [0.1, 0.15) is 18.5 Å². The molecule has 0 bridgehead atoms. The van der Waals surface area contributed by atoms with Crippen LogP contribution in [0.2, 0.25) is 5.02 Å². The van der Waals surface area contributed by atoms with Crippen molar-refractivity contribution >= 4 is 11.6 Å². The maximum absolute atomic E-state index is 6.91. The molecule has 1 aromatic carbocycles. The van der Waals surface area contributed by atoms with Crippen LogP contribution in [0.25, 0.3) is 4.85 Å². The van der Waals surface area contributed by atoms with E-state index >= 15 is 0 Å². The first-order chi connectivity index (χ1) is 6.19. The number of halogens is 1. The maximum Gasteiger partial charge on any atom is 0.249 e. The number of hydrogen-bond donors (Lipinski definition) is 0. The average Bonchev–Trinajstić information content (AvgIpc) is 2.16. The molecule has 0 aliphatic carbocycles. The molecule has 2 nitrogen and oxygen atoms in total. The highest BCUT2D eigenvalue weighted by Crippen LogP contribution is 2.29. The van der Waals surface area contributed by atoms with E-state index in [1.165, 1.54) is 0 Å². The Morgan fingerprint density at radius 1 is 1.54 bits per heavy atom. The molecule has 0 aliphatic rings. The molecule has 0 saturated carbocycles. The largest absolute Gasteiger partial charge is 0.496 e. The van der Waals surface area contributed by atoms with Crippen LogP contribution in [0.3, 0.4) is 0 Å². The van der Waals surface area contributed by atoms with Gasteiger partial charge in [0.05, 0.1) is 12.7 Å². The monoisotopic (exact) mass is 195 g/mol. The van der Waals surface area contributed by atoms with Crippen LogP contribution in [0.4, 0.5) is 0 Å². The first-order valence-electron chi connectivity index (χ1n) is 3.89. The van der Waals surface area contributed by atoms with Crippen LogP contribution < -0.4 is 4.74 Å². The first-order valence-corrected chi connectivity index (χ1v) is 4.27. The van der Waals surface area contributed by atoms with E-state index in [-0.39, 0.29) is 6.04 Å². The minimum Gasteiger partial charge on any atom is -0.496 e. The fraction of sp³-hybridized carbons (Fsp3) is 0.300. The third-order valence-electron chi connectivity index (χ3n) is 1.84. The maximum atomic E-state index is 6.91. The van der Waals surface area contributed by atoms with Gasteiger partial charge in [0.1, 0.15) is 5.75 Å². The summed E-state index contributed by atoms with van der Waals surface area (Å²) in [5.74, 6) is 0.716. The molecule has 0 amide bonds. The van der Waals surface area contributed by atoms with Gasteiger partial charge in [0, 0.05) is 11.9 Å². The Morgan fingerprint density at radius 2 is 2.23 bits per heavy atom. The molecular weight excluding hydrogens is 186 g/mol. The second-order valence-electron chi connectivity index (χ2n) is 2.69. The van der Waals surface area contributed by atoms with Crippen molar-refractivity contribution in [3.63, 3.8) is 0 Å². The second kappa shape index (κ2) is 4.15. The normalized spacial score (nSPS) is 11.8. The molecular formula is C10H10ClNO. The van der Waals surface area contributed by atoms with Crippen molar-refractivity contribution < 1.29 is 4.74 Å². The molecule has 0 heterocycles. The van der Waals surface area contributed by atoms with Crippen LogP contribution in [0.5, 0.6) is 5.75 Å². The quantitative estimate of drug-likeness (QED) is 0.660. The van der Waals surface area contributed by atoms with Gasteiger partial charge in [0.25, 0.3) is 0 Å². The molecule has 0 radical (unpaired) electrons. The van der Waals surface area contributed by atoms with Crippen LogP contribution >= 0.6 is 11.6 Å². The van der Waals surface area contributed by atoms with Crippen molar-refractivity contribution in [1.82, 2.24) is 0 Å². The molecule has 0 saturated heterocycles. The molecule has 3 heteroatoms. The standard InChI is InChI=1S/C10H10ClNO/c1-7(12-2)9-6-8(11)4-5-10(9)13-3/h4-7H,1,3H3. The minimum absolute atomic E-state index is 0.214. The predicted octanol–water partition coefficient (Wildman–Crippen LogP) is 3.33. The van der Waals surface area contributed by atoms with Crippen molar-refractivity contribution in [2.75, 3.05) is 7.11 Å². The Hall–Kier alpha value is -1.20. The van der Waals surface area contributed by atoms with Gasteiger partial charge < -0.3 is 9.58 Å². The van der Waals surface area contributed by atoms with Crippen LogP contribution in [0.15, 0.2) is 18.2 Å². The summed E-state index contributed by atoms with van der Waals surface area (Å²) in [4.78, 5) is 3.42. The number of ether oxygens (including phenoxy) is 1. The lowest BCUT2D eigenvalue weighted by Crippen LogP contribution is -1.93. The van der Waals surface area contributed by atoms with Gasteiger partial charge in [0.2, 0.25) is 6.04 Å². The Bertz CT molecular complexity index is 343. The van der Waals surface area contributed by atoms with E-state index in [2.05, 4.69) is 4.85 Å². The van der Waals surface area contributed by atoms with Crippen LogP contribution in [0, 0.1) is 6.57 Å². The number of methoxy groups -OCH3 is 1. The smallest absolute Gasteiger partial charge is 0.249 e. The van der Waals surface area contributed by atoms with Crippen molar-refractivity contribution in [2.24, 2.45) is 0 Å². The van der Waals surface area contributed by atoms with E-state index in [4.69, 9.17) is 22.9 Å². The van der Waals surface area contributed by atoms with Crippen LogP contribution in [-0.4, -0.2) is 7.11 Å². The van der Waals surface area contributed by atoms with Crippen molar-refractivity contribution in [3.8, 4) is 5.75 Å². The second-order valence-corrected chi connectivity index (χ2v) is 3.13. The average molecular weight is 196 g/mol. The Labute approximate surface area is 82.9 Å². The molecule has 1 rings (SSSR count). The van der Waals surface area contributed by atoms with Gasteiger partial charge in [-0.1, -0.05) is 11.6 Å².